The zero-order chi connectivity index (χ0) is 37.8. The molecule has 0 saturated heterocycles. The van der Waals surface area contributed by atoms with E-state index in [1.165, 1.54) is 83.5 Å². The Morgan fingerprint density at radius 3 is 1.57 bits per heavy atom. The maximum absolute atomic E-state index is 12.3. The molecule has 51 heavy (non-hydrogen) atoms. The van der Waals surface area contributed by atoms with E-state index >= 15 is 0 Å². The number of carbonyl (C=O) groups is 3. The lowest BCUT2D eigenvalue weighted by Gasteiger charge is -2.18. The molecule has 0 bridgehead atoms. The maximum atomic E-state index is 12.3. The number of ether oxygens (including phenoxy) is 1. The van der Waals surface area contributed by atoms with E-state index in [9.17, 15) is 34.1 Å². The molecule has 0 aromatic rings. The van der Waals surface area contributed by atoms with Crippen LogP contribution in [0.1, 0.15) is 187 Å². The van der Waals surface area contributed by atoms with Gasteiger partial charge >= 0.3 is 19.8 Å². The topological polar surface area (TPSA) is 169 Å². The third kappa shape index (κ3) is 35.0. The van der Waals surface area contributed by atoms with Crippen molar-refractivity contribution in [1.82, 2.24) is 5.32 Å². The Bertz CT molecular complexity index is 932. The van der Waals surface area contributed by atoms with Crippen LogP contribution in [0.4, 0.5) is 0 Å². The number of phosphoric acid groups is 1. The van der Waals surface area contributed by atoms with Gasteiger partial charge in [0.1, 0.15) is 12.7 Å². The van der Waals surface area contributed by atoms with E-state index in [-0.39, 0.29) is 12.8 Å². The first-order chi connectivity index (χ1) is 24.6. The smallest absolute Gasteiger partial charge is 0.472 e. The van der Waals surface area contributed by atoms with Crippen molar-refractivity contribution in [2.75, 3.05) is 19.8 Å². The van der Waals surface area contributed by atoms with Gasteiger partial charge in [-0.25, -0.2) is 9.36 Å². The van der Waals surface area contributed by atoms with Crippen molar-refractivity contribution in [2.45, 2.75) is 199 Å². The molecule has 0 aliphatic carbocycles. The normalized spacial score (nSPS) is 14.0. The summed E-state index contributed by atoms with van der Waals surface area (Å²) in [5.74, 6) is -2.37. The standard InChI is InChI=1S/C39H74NO10P/c1-3-5-7-9-11-13-15-16-17-18-19-20-21-22-24-26-28-30-37(42)40-36(39(44)45)34-50-51(46,47)49-33-35(41)32-48-38(43)31-29-27-25-23-14-12-10-8-6-4-2/h8,10,35-36,41H,3-7,9,11-34H2,1-2H3,(H,40,42)(H,44,45)(H,46,47)/b10-8-. The van der Waals surface area contributed by atoms with Crippen molar-refractivity contribution >= 4 is 25.7 Å². The summed E-state index contributed by atoms with van der Waals surface area (Å²) in [7, 11) is -4.75. The molecule has 0 saturated carbocycles. The molecule has 11 nitrogen and oxygen atoms in total. The number of rotatable bonds is 38. The number of carboxylic acid groups (broad SMARTS) is 1. The molecule has 3 atom stereocenters. The Morgan fingerprint density at radius 2 is 1.06 bits per heavy atom. The van der Waals surface area contributed by atoms with Gasteiger partial charge in [0.15, 0.2) is 6.04 Å². The number of aliphatic carboxylic acids is 1. The second-order valence-electron chi connectivity index (χ2n) is 13.8. The number of allylic oxidation sites excluding steroid dienone is 2. The second-order valence-corrected chi connectivity index (χ2v) is 15.3. The van der Waals surface area contributed by atoms with Gasteiger partial charge in [0, 0.05) is 12.8 Å². The molecule has 0 aromatic heterocycles. The highest BCUT2D eigenvalue weighted by Crippen LogP contribution is 2.43. The first-order valence-corrected chi connectivity index (χ1v) is 21.7. The largest absolute Gasteiger partial charge is 0.480 e. The van der Waals surface area contributed by atoms with Crippen molar-refractivity contribution in [1.29, 1.82) is 0 Å². The van der Waals surface area contributed by atoms with Gasteiger partial charge in [-0.15, -0.1) is 0 Å². The molecule has 12 heteroatoms. The van der Waals surface area contributed by atoms with Crippen LogP contribution in [0.15, 0.2) is 12.2 Å². The van der Waals surface area contributed by atoms with Crippen molar-refractivity contribution in [3.05, 3.63) is 12.2 Å². The molecule has 1 amide bonds. The number of nitrogens with one attached hydrogen (secondary N) is 1. The minimum absolute atomic E-state index is 0.150. The van der Waals surface area contributed by atoms with Crippen LogP contribution in [0.2, 0.25) is 0 Å². The van der Waals surface area contributed by atoms with Crippen molar-refractivity contribution < 1.29 is 47.8 Å². The number of carbonyl (C=O) groups excluding carboxylic acids is 2. The van der Waals surface area contributed by atoms with Crippen LogP contribution in [-0.4, -0.2) is 64.9 Å². The molecular weight excluding hydrogens is 673 g/mol. The Labute approximate surface area is 309 Å². The van der Waals surface area contributed by atoms with Crippen LogP contribution in [0, 0.1) is 0 Å². The molecule has 0 radical (unpaired) electrons. The van der Waals surface area contributed by atoms with Crippen molar-refractivity contribution in [3.8, 4) is 0 Å². The summed E-state index contributed by atoms with van der Waals surface area (Å²) in [6.45, 7) is 2.52. The van der Waals surface area contributed by atoms with Gasteiger partial charge < -0.3 is 25.2 Å². The monoisotopic (exact) mass is 748 g/mol. The molecule has 3 unspecified atom stereocenters. The summed E-state index contributed by atoms with van der Waals surface area (Å²) in [6, 6.07) is -1.54. The Balaban J connectivity index is 3.91. The number of hydrogen-bond donors (Lipinski definition) is 4. The minimum Gasteiger partial charge on any atom is -0.480 e. The summed E-state index contributed by atoms with van der Waals surface area (Å²) in [4.78, 5) is 45.7. The van der Waals surface area contributed by atoms with Crippen LogP contribution >= 0.6 is 7.82 Å². The lowest BCUT2D eigenvalue weighted by atomic mass is 10.0. The molecule has 0 spiro atoms. The quantitative estimate of drug-likeness (QED) is 0.0206. The minimum atomic E-state index is -4.75. The molecule has 4 N–H and O–H groups in total. The van der Waals surface area contributed by atoms with E-state index in [2.05, 4.69) is 31.3 Å². The average Bonchev–Trinajstić information content (AvgIpc) is 3.10. The number of hydrogen-bond acceptors (Lipinski definition) is 8. The third-order valence-electron chi connectivity index (χ3n) is 8.79. The average molecular weight is 748 g/mol. The molecule has 0 rings (SSSR count). The summed E-state index contributed by atoms with van der Waals surface area (Å²) in [6.07, 6.45) is 32.5. The van der Waals surface area contributed by atoms with Crippen LogP contribution in [0.3, 0.4) is 0 Å². The van der Waals surface area contributed by atoms with Gasteiger partial charge in [-0.3, -0.25) is 18.6 Å². The summed E-state index contributed by atoms with van der Waals surface area (Å²) >= 11 is 0. The number of aliphatic hydroxyl groups is 1. The SMILES string of the molecule is CCC/C=C\CCCCCCCC(=O)OCC(O)COP(=O)(O)OCC(NC(=O)CCCCCCCCCCCCCCCCCCC)C(=O)O. The van der Waals surface area contributed by atoms with E-state index < -0.39 is 57.6 Å². The molecule has 0 aromatic carbocycles. The van der Waals surface area contributed by atoms with Gasteiger partial charge in [-0.1, -0.05) is 154 Å². The van der Waals surface area contributed by atoms with Gasteiger partial charge in [0.05, 0.1) is 13.2 Å². The fourth-order valence-electron chi connectivity index (χ4n) is 5.61. The van der Waals surface area contributed by atoms with E-state index in [4.69, 9.17) is 13.8 Å². The summed E-state index contributed by atoms with van der Waals surface area (Å²) in [5, 5.41) is 21.7. The van der Waals surface area contributed by atoms with E-state index in [0.717, 1.165) is 64.2 Å². The predicted molar refractivity (Wildman–Crippen MR) is 203 cm³/mol. The molecule has 0 aliphatic rings. The maximum Gasteiger partial charge on any atom is 0.472 e. The number of unbranched alkanes of at least 4 members (excludes halogenated alkanes) is 22. The summed E-state index contributed by atoms with van der Waals surface area (Å²) < 4.78 is 26.7. The molecule has 0 fully saturated rings. The van der Waals surface area contributed by atoms with Crippen LogP contribution in [0.5, 0.6) is 0 Å². The van der Waals surface area contributed by atoms with Crippen molar-refractivity contribution in [2.24, 2.45) is 0 Å². The van der Waals surface area contributed by atoms with E-state index in [0.29, 0.717) is 12.8 Å². The lowest BCUT2D eigenvalue weighted by Crippen LogP contribution is -2.43. The zero-order valence-corrected chi connectivity index (χ0v) is 33.1. The Morgan fingerprint density at radius 1 is 0.608 bits per heavy atom. The third-order valence-corrected chi connectivity index (χ3v) is 9.74. The van der Waals surface area contributed by atoms with Crippen molar-refractivity contribution in [3.63, 3.8) is 0 Å². The van der Waals surface area contributed by atoms with E-state index in [1.54, 1.807) is 0 Å². The highest BCUT2D eigenvalue weighted by atomic mass is 31.2. The van der Waals surface area contributed by atoms with Gasteiger partial charge in [0.25, 0.3) is 0 Å². The zero-order valence-electron chi connectivity index (χ0n) is 32.2. The first-order valence-electron chi connectivity index (χ1n) is 20.2. The van der Waals surface area contributed by atoms with Gasteiger partial charge in [-0.2, -0.15) is 0 Å². The molecular formula is C39H74NO10P. The highest BCUT2D eigenvalue weighted by Gasteiger charge is 2.28. The van der Waals surface area contributed by atoms with E-state index in [1.807, 2.05) is 0 Å². The molecule has 0 heterocycles. The molecule has 300 valence electrons. The Hall–Kier alpha value is -1.78. The number of carboxylic acids is 1. The van der Waals surface area contributed by atoms with Gasteiger partial charge in [-0.05, 0) is 32.1 Å². The van der Waals surface area contributed by atoms with Gasteiger partial charge in [0.2, 0.25) is 5.91 Å². The van der Waals surface area contributed by atoms with Crippen LogP contribution in [0.25, 0.3) is 0 Å². The second kappa shape index (κ2) is 35.3. The number of esters is 1. The lowest BCUT2D eigenvalue weighted by molar-refractivity contribution is -0.147. The number of amides is 1. The molecule has 0 aliphatic heterocycles. The Kier molecular flexibility index (Phi) is 34.0. The number of phosphoric ester groups is 1. The highest BCUT2D eigenvalue weighted by molar-refractivity contribution is 7.47. The van der Waals surface area contributed by atoms with Crippen LogP contribution in [-0.2, 0) is 32.7 Å². The van der Waals surface area contributed by atoms with Crippen LogP contribution < -0.4 is 5.32 Å². The predicted octanol–water partition coefficient (Wildman–Crippen LogP) is 9.72. The fraction of sp³-hybridized carbons (Fsp3) is 0.872. The first kappa shape index (κ1) is 49.2. The summed E-state index contributed by atoms with van der Waals surface area (Å²) in [5.41, 5.74) is 0. The fourth-order valence-corrected chi connectivity index (χ4v) is 6.38. The number of aliphatic hydroxyl groups excluding tert-OH is 1.